The van der Waals surface area contributed by atoms with E-state index in [0.29, 0.717) is 24.3 Å². The zero-order valence-electron chi connectivity index (χ0n) is 16.8. The Bertz CT molecular complexity index is 1000. The third kappa shape index (κ3) is 5.37. The van der Waals surface area contributed by atoms with Crippen LogP contribution in [0.25, 0.3) is 0 Å². The summed E-state index contributed by atoms with van der Waals surface area (Å²) >= 11 is 0. The predicted molar refractivity (Wildman–Crippen MR) is 113 cm³/mol. The lowest BCUT2D eigenvalue weighted by atomic mass is 10.2. The van der Waals surface area contributed by atoms with Crippen LogP contribution < -0.4 is 10.6 Å². The first kappa shape index (κ1) is 21.8. The van der Waals surface area contributed by atoms with Gasteiger partial charge in [0.25, 0.3) is 0 Å². The molecular formula is C21H25N3O5S. The normalized spacial score (nSPS) is 14.7. The SMILES string of the molecule is COC(=O)c1cccc(NC(=O)NCc2ccc(S(=O)(=O)N3CCCCC3)cc2)c1. The highest BCUT2D eigenvalue weighted by Gasteiger charge is 2.25. The Morgan fingerprint density at radius 2 is 1.73 bits per heavy atom. The fourth-order valence-corrected chi connectivity index (χ4v) is 4.75. The Hall–Kier alpha value is -2.91. The van der Waals surface area contributed by atoms with E-state index in [4.69, 9.17) is 0 Å². The monoisotopic (exact) mass is 431 g/mol. The molecule has 0 atom stereocenters. The summed E-state index contributed by atoms with van der Waals surface area (Å²) in [6.07, 6.45) is 2.84. The number of nitrogens with zero attached hydrogens (tertiary/aromatic N) is 1. The number of nitrogens with one attached hydrogen (secondary N) is 2. The van der Waals surface area contributed by atoms with Crippen molar-refractivity contribution in [3.8, 4) is 0 Å². The first-order valence-electron chi connectivity index (χ1n) is 9.72. The van der Waals surface area contributed by atoms with Gasteiger partial charge in [0.05, 0.1) is 17.6 Å². The lowest BCUT2D eigenvalue weighted by molar-refractivity contribution is 0.0600. The number of rotatable bonds is 6. The average molecular weight is 432 g/mol. The van der Waals surface area contributed by atoms with Crippen molar-refractivity contribution in [1.29, 1.82) is 0 Å². The Morgan fingerprint density at radius 3 is 2.40 bits per heavy atom. The average Bonchev–Trinajstić information content (AvgIpc) is 2.78. The molecule has 1 aliphatic heterocycles. The topological polar surface area (TPSA) is 105 Å². The molecule has 8 nitrogen and oxygen atoms in total. The van der Waals surface area contributed by atoms with Crippen LogP contribution in [0.2, 0.25) is 0 Å². The van der Waals surface area contributed by atoms with Crippen LogP contribution >= 0.6 is 0 Å². The molecule has 0 bridgehead atoms. The lowest BCUT2D eigenvalue weighted by Gasteiger charge is -2.25. The van der Waals surface area contributed by atoms with Crippen molar-refractivity contribution >= 4 is 27.7 Å². The van der Waals surface area contributed by atoms with Gasteiger partial charge in [-0.3, -0.25) is 0 Å². The van der Waals surface area contributed by atoms with E-state index >= 15 is 0 Å². The number of anilines is 1. The number of hydrogen-bond acceptors (Lipinski definition) is 5. The molecule has 0 radical (unpaired) electrons. The maximum atomic E-state index is 12.7. The quantitative estimate of drug-likeness (QED) is 0.684. The number of carbonyl (C=O) groups excluding carboxylic acids is 2. The Labute approximate surface area is 176 Å². The predicted octanol–water partition coefficient (Wildman–Crippen LogP) is 2.97. The molecule has 1 aliphatic rings. The minimum Gasteiger partial charge on any atom is -0.465 e. The summed E-state index contributed by atoms with van der Waals surface area (Å²) in [5, 5.41) is 5.36. The third-order valence-corrected chi connectivity index (χ3v) is 6.78. The molecule has 1 saturated heterocycles. The molecule has 2 amide bonds. The second-order valence-corrected chi connectivity index (χ2v) is 8.93. The number of benzene rings is 2. The first-order chi connectivity index (χ1) is 14.4. The highest BCUT2D eigenvalue weighted by molar-refractivity contribution is 7.89. The molecule has 2 aromatic carbocycles. The van der Waals surface area contributed by atoms with E-state index in [2.05, 4.69) is 15.4 Å². The fourth-order valence-electron chi connectivity index (χ4n) is 3.23. The van der Waals surface area contributed by atoms with E-state index in [0.717, 1.165) is 24.8 Å². The maximum Gasteiger partial charge on any atom is 0.337 e. The highest BCUT2D eigenvalue weighted by Crippen LogP contribution is 2.21. The van der Waals surface area contributed by atoms with Crippen LogP contribution in [-0.2, 0) is 21.3 Å². The molecule has 160 valence electrons. The largest absolute Gasteiger partial charge is 0.465 e. The number of sulfonamides is 1. The number of hydrogen-bond donors (Lipinski definition) is 2. The van der Waals surface area contributed by atoms with E-state index < -0.39 is 22.0 Å². The number of carbonyl (C=O) groups is 2. The molecule has 3 rings (SSSR count). The van der Waals surface area contributed by atoms with Gasteiger partial charge in [0.15, 0.2) is 0 Å². The molecule has 0 spiro atoms. The third-order valence-electron chi connectivity index (χ3n) is 4.87. The molecule has 1 fully saturated rings. The summed E-state index contributed by atoms with van der Waals surface area (Å²) in [6.45, 7) is 1.35. The van der Waals surface area contributed by atoms with Gasteiger partial charge in [-0.05, 0) is 48.7 Å². The van der Waals surface area contributed by atoms with Crippen molar-refractivity contribution in [2.45, 2.75) is 30.7 Å². The Morgan fingerprint density at radius 1 is 1.03 bits per heavy atom. The molecule has 0 unspecified atom stereocenters. The summed E-state index contributed by atoms with van der Waals surface area (Å²) in [6, 6.07) is 12.5. The van der Waals surface area contributed by atoms with E-state index in [-0.39, 0.29) is 11.4 Å². The van der Waals surface area contributed by atoms with Crippen molar-refractivity contribution in [2.75, 3.05) is 25.5 Å². The van der Waals surface area contributed by atoms with Crippen molar-refractivity contribution in [1.82, 2.24) is 9.62 Å². The van der Waals surface area contributed by atoms with Gasteiger partial charge in [-0.15, -0.1) is 0 Å². The van der Waals surface area contributed by atoms with Crippen molar-refractivity contribution in [2.24, 2.45) is 0 Å². The van der Waals surface area contributed by atoms with Gasteiger partial charge < -0.3 is 15.4 Å². The van der Waals surface area contributed by atoms with Gasteiger partial charge in [-0.2, -0.15) is 4.31 Å². The fraction of sp³-hybridized carbons (Fsp3) is 0.333. The summed E-state index contributed by atoms with van der Waals surface area (Å²) in [4.78, 5) is 24.0. The van der Waals surface area contributed by atoms with Crippen LogP contribution in [0, 0.1) is 0 Å². The molecule has 2 N–H and O–H groups in total. The van der Waals surface area contributed by atoms with Gasteiger partial charge in [0.1, 0.15) is 0 Å². The van der Waals surface area contributed by atoms with Crippen LogP contribution in [-0.4, -0.2) is 44.9 Å². The second-order valence-electron chi connectivity index (χ2n) is 6.99. The van der Waals surface area contributed by atoms with Crippen molar-refractivity contribution < 1.29 is 22.7 Å². The smallest absolute Gasteiger partial charge is 0.337 e. The zero-order chi connectivity index (χ0) is 21.6. The van der Waals surface area contributed by atoms with Gasteiger partial charge >= 0.3 is 12.0 Å². The lowest BCUT2D eigenvalue weighted by Crippen LogP contribution is -2.35. The van der Waals surface area contributed by atoms with E-state index in [1.54, 1.807) is 42.5 Å². The number of esters is 1. The second kappa shape index (κ2) is 9.73. The molecule has 0 aromatic heterocycles. The first-order valence-corrected chi connectivity index (χ1v) is 11.2. The van der Waals surface area contributed by atoms with Gasteiger partial charge in [-0.25, -0.2) is 18.0 Å². The number of amides is 2. The summed E-state index contributed by atoms with van der Waals surface area (Å²) in [7, 11) is -2.18. The van der Waals surface area contributed by atoms with Gasteiger partial charge in [0, 0.05) is 25.3 Å². The number of methoxy groups -OCH3 is 1. The Balaban J connectivity index is 1.56. The van der Waals surface area contributed by atoms with Crippen molar-refractivity contribution in [3.63, 3.8) is 0 Å². The van der Waals surface area contributed by atoms with E-state index in [9.17, 15) is 18.0 Å². The zero-order valence-corrected chi connectivity index (χ0v) is 17.6. The molecule has 1 heterocycles. The minimum atomic E-state index is -3.47. The summed E-state index contributed by atoms with van der Waals surface area (Å²) in [5.41, 5.74) is 1.56. The highest BCUT2D eigenvalue weighted by atomic mass is 32.2. The molecular weight excluding hydrogens is 406 g/mol. The minimum absolute atomic E-state index is 0.229. The summed E-state index contributed by atoms with van der Waals surface area (Å²) in [5.74, 6) is -0.487. The van der Waals surface area contributed by atoms with Crippen LogP contribution in [0.3, 0.4) is 0 Å². The molecule has 0 aliphatic carbocycles. The molecule has 0 saturated carbocycles. The number of ether oxygens (including phenoxy) is 1. The molecule has 30 heavy (non-hydrogen) atoms. The van der Waals surface area contributed by atoms with E-state index in [1.165, 1.54) is 17.5 Å². The Kier molecular flexibility index (Phi) is 7.07. The van der Waals surface area contributed by atoms with Crippen molar-refractivity contribution in [3.05, 3.63) is 59.7 Å². The van der Waals surface area contributed by atoms with Gasteiger partial charge in [0.2, 0.25) is 10.0 Å². The standard InChI is InChI=1S/C21H25N3O5S/c1-29-20(25)17-6-5-7-18(14-17)23-21(26)22-15-16-8-10-19(11-9-16)30(27,28)24-12-3-2-4-13-24/h5-11,14H,2-4,12-13,15H2,1H3,(H2,22,23,26). The van der Waals surface area contributed by atoms with Gasteiger partial charge in [-0.1, -0.05) is 24.6 Å². The molecule has 2 aromatic rings. The van der Waals surface area contributed by atoms with Crippen LogP contribution in [0.1, 0.15) is 35.2 Å². The number of piperidine rings is 1. The van der Waals surface area contributed by atoms with E-state index in [1.807, 2.05) is 0 Å². The number of urea groups is 1. The van der Waals surface area contributed by atoms with Crippen LogP contribution in [0.4, 0.5) is 10.5 Å². The van der Waals surface area contributed by atoms with Crippen LogP contribution in [0.5, 0.6) is 0 Å². The molecule has 9 heteroatoms. The summed E-state index contributed by atoms with van der Waals surface area (Å²) < 4.78 is 31.5. The maximum absolute atomic E-state index is 12.7. The van der Waals surface area contributed by atoms with Crippen LogP contribution in [0.15, 0.2) is 53.4 Å².